The fourth-order valence-electron chi connectivity index (χ4n) is 8.45. The van der Waals surface area contributed by atoms with Crippen LogP contribution >= 0.6 is 17.0 Å². The van der Waals surface area contributed by atoms with Crippen LogP contribution in [-0.4, -0.2) is 23.5 Å². The van der Waals surface area contributed by atoms with Gasteiger partial charge in [0, 0.05) is 5.54 Å². The van der Waals surface area contributed by atoms with Crippen molar-refractivity contribution >= 4 is 17.0 Å². The Bertz CT molecular complexity index is 585. The first kappa shape index (κ1) is 54.5. The SMILES string of the molecule is Br.CCCCCCCCCCCCCCCCN(CCCCCCCCCCCCCCCC)C(C)(C)CCCCCCCCCCCCCCC. The molecule has 0 aromatic heterocycles. The third-order valence-electron chi connectivity index (χ3n) is 12.3. The molecule has 0 heterocycles. The minimum Gasteiger partial charge on any atom is -0.298 e. The quantitative estimate of drug-likeness (QED) is 0.0555. The minimum absolute atomic E-state index is 0. The summed E-state index contributed by atoms with van der Waals surface area (Å²) in [5, 5.41) is 0. The van der Waals surface area contributed by atoms with E-state index in [2.05, 4.69) is 39.5 Å². The third kappa shape index (κ3) is 41.6. The van der Waals surface area contributed by atoms with Gasteiger partial charge in [-0.15, -0.1) is 17.0 Å². The van der Waals surface area contributed by atoms with E-state index in [1.165, 1.54) is 283 Å². The van der Waals surface area contributed by atoms with Gasteiger partial charge in [-0.3, -0.25) is 4.90 Å². The summed E-state index contributed by atoms with van der Waals surface area (Å²) in [6.45, 7) is 14.8. The van der Waals surface area contributed by atoms with Crippen molar-refractivity contribution in [2.75, 3.05) is 13.1 Å². The molecule has 0 atom stereocenters. The Kier molecular flexibility index (Phi) is 48.1. The molecule has 0 aromatic rings. The van der Waals surface area contributed by atoms with E-state index < -0.39 is 0 Å². The van der Waals surface area contributed by atoms with Gasteiger partial charge in [-0.25, -0.2) is 0 Å². The normalized spacial score (nSPS) is 11.9. The van der Waals surface area contributed by atoms with E-state index in [1.54, 1.807) is 0 Å². The minimum atomic E-state index is 0. The van der Waals surface area contributed by atoms with E-state index in [9.17, 15) is 0 Å². The van der Waals surface area contributed by atoms with Crippen molar-refractivity contribution in [1.82, 2.24) is 4.90 Å². The maximum atomic E-state index is 2.94. The van der Waals surface area contributed by atoms with Crippen LogP contribution in [0.3, 0.4) is 0 Å². The van der Waals surface area contributed by atoms with Crippen LogP contribution in [0.25, 0.3) is 0 Å². The Hall–Kier alpha value is 0.440. The van der Waals surface area contributed by atoms with Crippen LogP contribution in [0.4, 0.5) is 0 Å². The molecule has 0 N–H and O–H groups in total. The molecule has 0 aromatic carbocycles. The Morgan fingerprint density at radius 3 is 0.635 bits per heavy atom. The summed E-state index contributed by atoms with van der Waals surface area (Å²) in [4.78, 5) is 2.94. The van der Waals surface area contributed by atoms with Gasteiger partial charge in [0.25, 0.3) is 0 Å². The van der Waals surface area contributed by atoms with Crippen molar-refractivity contribution in [3.63, 3.8) is 0 Å². The van der Waals surface area contributed by atoms with Crippen molar-refractivity contribution in [3.8, 4) is 0 Å². The zero-order chi connectivity index (χ0) is 37.2. The van der Waals surface area contributed by atoms with Gasteiger partial charge in [0.15, 0.2) is 0 Å². The van der Waals surface area contributed by atoms with Gasteiger partial charge in [-0.1, -0.05) is 271 Å². The standard InChI is InChI=1S/C50H103N.BrH/c1-6-9-12-15-18-21-24-27-30-33-36-39-42-45-48-51(49-46-43-40-37-34-31-28-25-22-19-16-13-10-7-2)50(4,5)47-44-41-38-35-32-29-26-23-20-17-14-11-8-3;/h6-49H2,1-5H3;1H. The average molecular weight is 799 g/mol. The second kappa shape index (κ2) is 45.8. The van der Waals surface area contributed by atoms with Crippen LogP contribution in [-0.2, 0) is 0 Å². The zero-order valence-corrected chi connectivity index (χ0v) is 39.2. The molecule has 0 radical (unpaired) electrons. The highest BCUT2D eigenvalue weighted by atomic mass is 79.9. The van der Waals surface area contributed by atoms with Gasteiger partial charge in [-0.2, -0.15) is 0 Å². The summed E-state index contributed by atoms with van der Waals surface area (Å²) < 4.78 is 0. The maximum absolute atomic E-state index is 2.94. The summed E-state index contributed by atoms with van der Waals surface area (Å²) in [5.74, 6) is 0. The summed E-state index contributed by atoms with van der Waals surface area (Å²) in [5.41, 5.74) is 0.366. The monoisotopic (exact) mass is 798 g/mol. The number of hydrogen-bond acceptors (Lipinski definition) is 1. The number of nitrogens with zero attached hydrogens (tertiary/aromatic N) is 1. The summed E-state index contributed by atoms with van der Waals surface area (Å²) >= 11 is 0. The first-order valence-electron chi connectivity index (χ1n) is 24.8. The van der Waals surface area contributed by atoms with E-state index in [-0.39, 0.29) is 17.0 Å². The summed E-state index contributed by atoms with van der Waals surface area (Å²) in [7, 11) is 0. The lowest BCUT2D eigenvalue weighted by Crippen LogP contribution is -2.45. The molecule has 52 heavy (non-hydrogen) atoms. The summed E-state index contributed by atoms with van der Waals surface area (Å²) in [6, 6.07) is 0. The smallest absolute Gasteiger partial charge is 0.0153 e. The molecule has 0 unspecified atom stereocenters. The molecule has 0 saturated heterocycles. The molecular weight excluding hydrogens is 694 g/mol. The lowest BCUT2D eigenvalue weighted by molar-refractivity contribution is 0.102. The fraction of sp³-hybridized carbons (Fsp3) is 1.00. The van der Waals surface area contributed by atoms with Crippen LogP contribution in [0, 0.1) is 0 Å². The fourth-order valence-corrected chi connectivity index (χ4v) is 8.45. The Balaban J connectivity index is 0. The first-order valence-corrected chi connectivity index (χ1v) is 24.8. The molecule has 2 heteroatoms. The first-order chi connectivity index (χ1) is 25.1. The molecule has 0 aliphatic rings. The lowest BCUT2D eigenvalue weighted by atomic mass is 9.92. The Labute approximate surface area is 343 Å². The molecule has 0 spiro atoms. The van der Waals surface area contributed by atoms with Crippen LogP contribution in [0.1, 0.15) is 304 Å². The number of hydrogen-bond donors (Lipinski definition) is 0. The highest BCUT2D eigenvalue weighted by Gasteiger charge is 2.25. The maximum Gasteiger partial charge on any atom is 0.0153 e. The highest BCUT2D eigenvalue weighted by molar-refractivity contribution is 8.93. The van der Waals surface area contributed by atoms with Gasteiger partial charge >= 0.3 is 0 Å². The highest BCUT2D eigenvalue weighted by Crippen LogP contribution is 2.25. The van der Waals surface area contributed by atoms with Crippen molar-refractivity contribution in [2.45, 2.75) is 310 Å². The predicted octanol–water partition coefficient (Wildman–Crippen LogP) is 19.1. The predicted molar refractivity (Wildman–Crippen MR) is 247 cm³/mol. The molecule has 0 saturated carbocycles. The van der Waals surface area contributed by atoms with Gasteiger partial charge in [-0.05, 0) is 46.2 Å². The van der Waals surface area contributed by atoms with Crippen molar-refractivity contribution in [2.24, 2.45) is 0 Å². The van der Waals surface area contributed by atoms with Crippen molar-refractivity contribution in [3.05, 3.63) is 0 Å². The molecule has 1 nitrogen and oxygen atoms in total. The molecule has 0 fully saturated rings. The second-order valence-electron chi connectivity index (χ2n) is 18.0. The van der Waals surface area contributed by atoms with Crippen molar-refractivity contribution in [1.29, 1.82) is 0 Å². The topological polar surface area (TPSA) is 3.24 Å². The van der Waals surface area contributed by atoms with E-state index in [4.69, 9.17) is 0 Å². The van der Waals surface area contributed by atoms with Gasteiger partial charge in [0.2, 0.25) is 0 Å². The third-order valence-corrected chi connectivity index (χ3v) is 12.3. The van der Waals surface area contributed by atoms with Crippen LogP contribution < -0.4 is 0 Å². The number of rotatable bonds is 45. The van der Waals surface area contributed by atoms with Crippen LogP contribution in [0.2, 0.25) is 0 Å². The van der Waals surface area contributed by atoms with E-state index in [0.29, 0.717) is 5.54 Å². The van der Waals surface area contributed by atoms with E-state index in [0.717, 1.165) is 0 Å². The van der Waals surface area contributed by atoms with Gasteiger partial charge in [0.05, 0.1) is 0 Å². The largest absolute Gasteiger partial charge is 0.298 e. The molecule has 0 amide bonds. The lowest BCUT2D eigenvalue weighted by Gasteiger charge is -2.39. The van der Waals surface area contributed by atoms with Gasteiger partial charge in [0.1, 0.15) is 0 Å². The number of unbranched alkanes of at least 4 members (excludes halogenated alkanes) is 38. The molecular formula is C50H104BrN. The molecule has 0 bridgehead atoms. The van der Waals surface area contributed by atoms with Crippen molar-refractivity contribution < 1.29 is 0 Å². The zero-order valence-electron chi connectivity index (χ0n) is 37.5. The van der Waals surface area contributed by atoms with Crippen LogP contribution in [0.15, 0.2) is 0 Å². The molecule has 0 aliphatic heterocycles. The molecule has 316 valence electrons. The van der Waals surface area contributed by atoms with Crippen LogP contribution in [0.5, 0.6) is 0 Å². The molecule has 0 aliphatic carbocycles. The Morgan fingerprint density at radius 2 is 0.423 bits per heavy atom. The average Bonchev–Trinajstić information content (AvgIpc) is 3.12. The van der Waals surface area contributed by atoms with Gasteiger partial charge < -0.3 is 0 Å². The van der Waals surface area contributed by atoms with E-state index in [1.807, 2.05) is 0 Å². The number of halogens is 1. The van der Waals surface area contributed by atoms with E-state index >= 15 is 0 Å². The summed E-state index contributed by atoms with van der Waals surface area (Å²) in [6.07, 6.45) is 61.1. The second-order valence-corrected chi connectivity index (χ2v) is 18.0. The molecule has 0 rings (SSSR count). The Morgan fingerprint density at radius 1 is 0.250 bits per heavy atom.